The molecule has 0 aliphatic rings. The van der Waals surface area contributed by atoms with Crippen LogP contribution in [0.3, 0.4) is 0 Å². The van der Waals surface area contributed by atoms with Crippen LogP contribution in [0, 0.1) is 11.6 Å². The van der Waals surface area contributed by atoms with Crippen LogP contribution in [-0.2, 0) is 4.74 Å². The number of furan rings is 1. The maximum Gasteiger partial charge on any atom is 0.159 e. The molecule has 1 aromatic carbocycles. The lowest BCUT2D eigenvalue weighted by Gasteiger charge is -2.21. The van der Waals surface area contributed by atoms with Crippen LogP contribution in [0.4, 0.5) is 8.78 Å². The largest absolute Gasteiger partial charge is 0.468 e. The maximum absolute atomic E-state index is 13.3. The van der Waals surface area contributed by atoms with E-state index in [0.717, 1.165) is 11.8 Å². The van der Waals surface area contributed by atoms with Gasteiger partial charge in [0.25, 0.3) is 0 Å². The molecule has 0 aliphatic carbocycles. The normalized spacial score (nSPS) is 14.2. The minimum atomic E-state index is -0.850. The van der Waals surface area contributed by atoms with Crippen molar-refractivity contribution in [2.75, 3.05) is 13.7 Å². The molecule has 20 heavy (non-hydrogen) atoms. The average molecular weight is 281 g/mol. The summed E-state index contributed by atoms with van der Waals surface area (Å²) in [4.78, 5) is 0. The van der Waals surface area contributed by atoms with E-state index in [-0.39, 0.29) is 12.1 Å². The third kappa shape index (κ3) is 3.43. The van der Waals surface area contributed by atoms with Crippen LogP contribution in [0.2, 0.25) is 0 Å². The standard InChI is InChI=1S/C15H17F2NO2/c1-10(11-5-6-12(16)13(17)8-11)18-14(9-19-2)15-4-3-7-20-15/h3-8,10,14,18H,9H2,1-2H3. The van der Waals surface area contributed by atoms with E-state index in [9.17, 15) is 8.78 Å². The molecule has 0 bridgehead atoms. The summed E-state index contributed by atoms with van der Waals surface area (Å²) in [6, 6.07) is 7.19. The Labute approximate surface area is 116 Å². The number of halogens is 2. The molecular weight excluding hydrogens is 264 g/mol. The lowest BCUT2D eigenvalue weighted by molar-refractivity contribution is 0.152. The monoisotopic (exact) mass is 281 g/mol. The predicted octanol–water partition coefficient (Wildman–Crippen LogP) is 3.60. The molecule has 5 heteroatoms. The van der Waals surface area contributed by atoms with Gasteiger partial charge < -0.3 is 9.15 Å². The quantitative estimate of drug-likeness (QED) is 0.878. The number of nitrogens with one attached hydrogen (secondary N) is 1. The fourth-order valence-electron chi connectivity index (χ4n) is 2.05. The molecule has 2 unspecified atom stereocenters. The predicted molar refractivity (Wildman–Crippen MR) is 71.2 cm³/mol. The minimum Gasteiger partial charge on any atom is -0.468 e. The first-order valence-electron chi connectivity index (χ1n) is 6.35. The summed E-state index contributed by atoms with van der Waals surface area (Å²) >= 11 is 0. The van der Waals surface area contributed by atoms with Gasteiger partial charge in [0.2, 0.25) is 0 Å². The van der Waals surface area contributed by atoms with E-state index in [0.29, 0.717) is 12.2 Å². The van der Waals surface area contributed by atoms with Crippen LogP contribution >= 0.6 is 0 Å². The van der Waals surface area contributed by atoms with Crippen LogP contribution in [0.15, 0.2) is 41.0 Å². The first kappa shape index (κ1) is 14.7. The van der Waals surface area contributed by atoms with Gasteiger partial charge in [-0.05, 0) is 36.8 Å². The Hall–Kier alpha value is -1.72. The van der Waals surface area contributed by atoms with Crippen molar-refractivity contribution < 1.29 is 17.9 Å². The highest BCUT2D eigenvalue weighted by molar-refractivity contribution is 5.21. The van der Waals surface area contributed by atoms with Crippen molar-refractivity contribution in [2.24, 2.45) is 0 Å². The Morgan fingerprint density at radius 1 is 1.25 bits per heavy atom. The van der Waals surface area contributed by atoms with Crippen molar-refractivity contribution in [3.05, 3.63) is 59.6 Å². The third-order valence-corrected chi connectivity index (χ3v) is 3.11. The molecule has 1 heterocycles. The summed E-state index contributed by atoms with van der Waals surface area (Å²) < 4.78 is 36.7. The van der Waals surface area contributed by atoms with Crippen LogP contribution in [0.25, 0.3) is 0 Å². The van der Waals surface area contributed by atoms with Crippen molar-refractivity contribution in [2.45, 2.75) is 19.0 Å². The lowest BCUT2D eigenvalue weighted by Crippen LogP contribution is -2.27. The Balaban J connectivity index is 2.11. The number of rotatable bonds is 6. The van der Waals surface area contributed by atoms with Gasteiger partial charge in [0.1, 0.15) is 5.76 Å². The van der Waals surface area contributed by atoms with E-state index < -0.39 is 11.6 Å². The van der Waals surface area contributed by atoms with Gasteiger partial charge in [-0.25, -0.2) is 8.78 Å². The maximum atomic E-state index is 13.3. The van der Waals surface area contributed by atoms with Crippen LogP contribution in [-0.4, -0.2) is 13.7 Å². The third-order valence-electron chi connectivity index (χ3n) is 3.11. The second-order valence-electron chi connectivity index (χ2n) is 4.59. The molecular formula is C15H17F2NO2. The molecule has 0 aliphatic heterocycles. The topological polar surface area (TPSA) is 34.4 Å². The highest BCUT2D eigenvalue weighted by Crippen LogP contribution is 2.21. The zero-order valence-electron chi connectivity index (χ0n) is 11.4. The van der Waals surface area contributed by atoms with Gasteiger partial charge in [-0.3, -0.25) is 5.32 Å². The fraction of sp³-hybridized carbons (Fsp3) is 0.333. The summed E-state index contributed by atoms with van der Waals surface area (Å²) in [6.45, 7) is 2.29. The van der Waals surface area contributed by atoms with Gasteiger partial charge in [-0.15, -0.1) is 0 Å². The highest BCUT2D eigenvalue weighted by Gasteiger charge is 2.18. The van der Waals surface area contributed by atoms with Gasteiger partial charge in [-0.2, -0.15) is 0 Å². The summed E-state index contributed by atoms with van der Waals surface area (Å²) in [6.07, 6.45) is 1.59. The minimum absolute atomic E-state index is 0.155. The number of hydrogen-bond donors (Lipinski definition) is 1. The lowest BCUT2D eigenvalue weighted by atomic mass is 10.1. The first-order valence-corrected chi connectivity index (χ1v) is 6.35. The molecule has 108 valence electrons. The molecule has 0 fully saturated rings. The van der Waals surface area contributed by atoms with Crippen LogP contribution in [0.5, 0.6) is 0 Å². The van der Waals surface area contributed by atoms with Crippen molar-refractivity contribution >= 4 is 0 Å². The van der Waals surface area contributed by atoms with E-state index in [2.05, 4.69) is 5.32 Å². The summed E-state index contributed by atoms with van der Waals surface area (Å²) in [5.74, 6) is -0.959. The fourth-order valence-corrected chi connectivity index (χ4v) is 2.05. The zero-order valence-corrected chi connectivity index (χ0v) is 11.4. The van der Waals surface area contributed by atoms with E-state index in [1.54, 1.807) is 25.5 Å². The Bertz CT molecular complexity index is 543. The van der Waals surface area contributed by atoms with E-state index in [4.69, 9.17) is 9.15 Å². The van der Waals surface area contributed by atoms with E-state index >= 15 is 0 Å². The molecule has 2 aromatic rings. The molecule has 0 radical (unpaired) electrons. The van der Waals surface area contributed by atoms with Gasteiger partial charge in [0.05, 0.1) is 18.9 Å². The molecule has 3 nitrogen and oxygen atoms in total. The van der Waals surface area contributed by atoms with Gasteiger partial charge in [0, 0.05) is 13.2 Å². The Kier molecular flexibility index (Phi) is 4.87. The Morgan fingerprint density at radius 3 is 2.65 bits per heavy atom. The number of methoxy groups -OCH3 is 1. The first-order chi connectivity index (χ1) is 9.61. The number of benzene rings is 1. The van der Waals surface area contributed by atoms with Crippen molar-refractivity contribution in [1.82, 2.24) is 5.32 Å². The Morgan fingerprint density at radius 2 is 2.05 bits per heavy atom. The number of hydrogen-bond acceptors (Lipinski definition) is 3. The summed E-state index contributed by atoms with van der Waals surface area (Å²) in [7, 11) is 1.60. The van der Waals surface area contributed by atoms with Crippen molar-refractivity contribution in [1.29, 1.82) is 0 Å². The molecule has 2 atom stereocenters. The smallest absolute Gasteiger partial charge is 0.159 e. The van der Waals surface area contributed by atoms with Gasteiger partial charge >= 0.3 is 0 Å². The summed E-state index contributed by atoms with van der Waals surface area (Å²) in [5, 5.41) is 3.28. The van der Waals surface area contributed by atoms with Crippen LogP contribution < -0.4 is 5.32 Å². The van der Waals surface area contributed by atoms with Gasteiger partial charge in [0.15, 0.2) is 11.6 Å². The molecule has 0 saturated carbocycles. The molecule has 2 rings (SSSR count). The van der Waals surface area contributed by atoms with E-state index in [1.165, 1.54) is 6.07 Å². The second-order valence-corrected chi connectivity index (χ2v) is 4.59. The molecule has 0 spiro atoms. The van der Waals surface area contributed by atoms with E-state index in [1.807, 2.05) is 13.0 Å². The van der Waals surface area contributed by atoms with Crippen LogP contribution in [0.1, 0.15) is 30.3 Å². The molecule has 1 N–H and O–H groups in total. The second kappa shape index (κ2) is 6.63. The zero-order chi connectivity index (χ0) is 14.5. The molecule has 0 amide bonds. The molecule has 0 saturated heterocycles. The van der Waals surface area contributed by atoms with Gasteiger partial charge in [-0.1, -0.05) is 6.07 Å². The molecule has 1 aromatic heterocycles. The van der Waals surface area contributed by atoms with Crippen molar-refractivity contribution in [3.63, 3.8) is 0 Å². The summed E-state index contributed by atoms with van der Waals surface area (Å²) in [5.41, 5.74) is 0.663. The van der Waals surface area contributed by atoms with Crippen molar-refractivity contribution in [3.8, 4) is 0 Å². The number of ether oxygens (including phenoxy) is 1. The SMILES string of the molecule is COCC(NC(C)c1ccc(F)c(F)c1)c1ccco1. The average Bonchev–Trinajstić information content (AvgIpc) is 2.95. The highest BCUT2D eigenvalue weighted by atomic mass is 19.2.